The monoisotopic (exact) mass is 474 g/mol. The largest absolute Gasteiger partial charge is 0.398 e. The predicted molar refractivity (Wildman–Crippen MR) is 151 cm³/mol. The molecule has 0 aliphatic carbocycles. The Bertz CT molecular complexity index is 1400. The number of nitrogen functional groups attached to an aromatic ring is 1. The van der Waals surface area contributed by atoms with Gasteiger partial charge in [-0.25, -0.2) is 4.39 Å². The summed E-state index contributed by atoms with van der Waals surface area (Å²) in [5.41, 5.74) is 16.0. The Kier molecular flexibility index (Phi) is 8.15. The number of rotatable bonds is 5. The number of benzene rings is 5. The lowest BCUT2D eigenvalue weighted by molar-refractivity contribution is 0.627. The molecule has 0 bridgehead atoms. The van der Waals surface area contributed by atoms with Crippen molar-refractivity contribution in [3.63, 3.8) is 0 Å². The predicted octanol–water partition coefficient (Wildman–Crippen LogP) is 8.66. The average molecular weight is 475 g/mol. The third-order valence-corrected chi connectivity index (χ3v) is 6.13. The van der Waals surface area contributed by atoms with Crippen molar-refractivity contribution < 1.29 is 4.39 Å². The van der Waals surface area contributed by atoms with Crippen LogP contribution in [0.15, 0.2) is 121 Å². The summed E-state index contributed by atoms with van der Waals surface area (Å²) in [4.78, 5) is 0. The van der Waals surface area contributed by atoms with Crippen molar-refractivity contribution in [3.05, 3.63) is 144 Å². The van der Waals surface area contributed by atoms with Gasteiger partial charge in [0.1, 0.15) is 5.82 Å². The Balaban J connectivity index is 0.000000187. The number of aryl methyl sites for hydroxylation is 2. The highest BCUT2D eigenvalue weighted by molar-refractivity contribution is 5.70. The van der Waals surface area contributed by atoms with Gasteiger partial charge in [0.25, 0.3) is 0 Å². The number of nitrogens with one attached hydrogen (secondary N) is 1. The van der Waals surface area contributed by atoms with Crippen molar-refractivity contribution in [1.29, 1.82) is 0 Å². The van der Waals surface area contributed by atoms with E-state index < -0.39 is 0 Å². The molecule has 180 valence electrons. The summed E-state index contributed by atoms with van der Waals surface area (Å²) in [6.45, 7) is 4.78. The molecule has 0 unspecified atom stereocenters. The van der Waals surface area contributed by atoms with E-state index in [1.165, 1.54) is 39.9 Å². The molecule has 0 aromatic heterocycles. The van der Waals surface area contributed by atoms with Crippen molar-refractivity contribution in [2.75, 3.05) is 11.1 Å². The van der Waals surface area contributed by atoms with Crippen LogP contribution in [0.1, 0.15) is 16.7 Å². The maximum Gasteiger partial charge on any atom is 0.123 e. The molecule has 0 heterocycles. The fraction of sp³-hybridized carbons (Fsp3) is 0.0909. The first kappa shape index (κ1) is 24.7. The zero-order valence-corrected chi connectivity index (χ0v) is 20.7. The van der Waals surface area contributed by atoms with Gasteiger partial charge in [0.2, 0.25) is 0 Å². The summed E-state index contributed by atoms with van der Waals surface area (Å²) in [6.07, 6.45) is 0. The van der Waals surface area contributed by atoms with Crippen molar-refractivity contribution in [2.45, 2.75) is 20.4 Å². The lowest BCUT2D eigenvalue weighted by atomic mass is 10.0. The van der Waals surface area contributed by atoms with E-state index in [9.17, 15) is 4.39 Å². The third kappa shape index (κ3) is 6.61. The van der Waals surface area contributed by atoms with E-state index in [-0.39, 0.29) is 5.82 Å². The number of nitrogens with two attached hydrogens (primary N) is 1. The standard InChI is InChI=1S/C20H18FN.C13H13N/c1-15-7-10-18(17-5-3-2-4-6-17)13-20(15)22-14-16-8-11-19(21)12-9-16;1-10-7-8-12(9-13(10)14)11-5-3-2-4-6-11/h2-13,22H,14H2,1H3;2-9H,14H2,1H3. The van der Waals surface area contributed by atoms with Crippen LogP contribution < -0.4 is 11.1 Å². The number of hydrogen-bond acceptors (Lipinski definition) is 2. The zero-order chi connectivity index (χ0) is 25.3. The maximum atomic E-state index is 12.9. The molecule has 5 rings (SSSR count). The molecular weight excluding hydrogens is 443 g/mol. The number of anilines is 2. The van der Waals surface area contributed by atoms with Gasteiger partial charge in [0.15, 0.2) is 0 Å². The van der Waals surface area contributed by atoms with Crippen LogP contribution >= 0.6 is 0 Å². The van der Waals surface area contributed by atoms with Crippen LogP contribution in [0, 0.1) is 19.7 Å². The van der Waals surface area contributed by atoms with E-state index in [0.29, 0.717) is 6.54 Å². The fourth-order valence-corrected chi connectivity index (χ4v) is 3.87. The molecule has 2 nitrogen and oxygen atoms in total. The van der Waals surface area contributed by atoms with E-state index in [1.54, 1.807) is 12.1 Å². The second-order valence-electron chi connectivity index (χ2n) is 8.81. The Morgan fingerprint density at radius 3 is 1.67 bits per heavy atom. The van der Waals surface area contributed by atoms with Gasteiger partial charge in [0.05, 0.1) is 0 Å². The van der Waals surface area contributed by atoms with Gasteiger partial charge < -0.3 is 11.1 Å². The van der Waals surface area contributed by atoms with Gasteiger partial charge in [-0.1, -0.05) is 97.1 Å². The fourth-order valence-electron chi connectivity index (χ4n) is 3.87. The molecule has 0 aliphatic rings. The molecule has 36 heavy (non-hydrogen) atoms. The van der Waals surface area contributed by atoms with Crippen LogP contribution in [-0.2, 0) is 6.54 Å². The summed E-state index contributed by atoms with van der Waals surface area (Å²) in [5, 5.41) is 3.44. The first-order valence-electron chi connectivity index (χ1n) is 12.1. The smallest absolute Gasteiger partial charge is 0.123 e. The molecule has 3 heteroatoms. The van der Waals surface area contributed by atoms with Crippen LogP contribution in [0.25, 0.3) is 22.3 Å². The lowest BCUT2D eigenvalue weighted by Gasteiger charge is -2.12. The van der Waals surface area contributed by atoms with E-state index in [0.717, 1.165) is 22.5 Å². The van der Waals surface area contributed by atoms with Crippen LogP contribution in [0.5, 0.6) is 0 Å². The molecule has 0 spiro atoms. The molecule has 5 aromatic carbocycles. The maximum absolute atomic E-state index is 12.9. The molecular formula is C33H31FN2. The Morgan fingerprint density at radius 1 is 0.583 bits per heavy atom. The molecule has 0 amide bonds. The first-order chi connectivity index (χ1) is 17.5. The lowest BCUT2D eigenvalue weighted by Crippen LogP contribution is -2.01. The Hall–Kier alpha value is -4.37. The Labute approximate surface area is 213 Å². The van der Waals surface area contributed by atoms with Crippen molar-refractivity contribution in [1.82, 2.24) is 0 Å². The highest BCUT2D eigenvalue weighted by Gasteiger charge is 2.03. The quantitative estimate of drug-likeness (QED) is 0.250. The molecule has 0 saturated carbocycles. The summed E-state index contributed by atoms with van der Waals surface area (Å²) in [7, 11) is 0. The number of hydrogen-bond donors (Lipinski definition) is 2. The van der Waals surface area contributed by atoms with Gasteiger partial charge in [-0.05, 0) is 77.1 Å². The van der Waals surface area contributed by atoms with Crippen molar-refractivity contribution in [3.8, 4) is 22.3 Å². The number of halogens is 1. The molecule has 0 atom stereocenters. The van der Waals surface area contributed by atoms with Gasteiger partial charge in [-0.15, -0.1) is 0 Å². The molecule has 0 radical (unpaired) electrons. The highest BCUT2D eigenvalue weighted by atomic mass is 19.1. The van der Waals surface area contributed by atoms with Crippen LogP contribution in [0.3, 0.4) is 0 Å². The minimum atomic E-state index is -0.203. The minimum absolute atomic E-state index is 0.203. The third-order valence-electron chi connectivity index (χ3n) is 6.13. The van der Waals surface area contributed by atoms with Gasteiger partial charge in [0, 0.05) is 17.9 Å². The minimum Gasteiger partial charge on any atom is -0.398 e. The van der Waals surface area contributed by atoms with Crippen molar-refractivity contribution in [2.24, 2.45) is 0 Å². The van der Waals surface area contributed by atoms with Crippen LogP contribution in [0.2, 0.25) is 0 Å². The topological polar surface area (TPSA) is 38.0 Å². The van der Waals surface area contributed by atoms with Crippen molar-refractivity contribution >= 4 is 11.4 Å². The molecule has 3 N–H and O–H groups in total. The van der Waals surface area contributed by atoms with E-state index in [1.807, 2.05) is 49.4 Å². The average Bonchev–Trinajstić information content (AvgIpc) is 2.92. The Morgan fingerprint density at radius 2 is 1.11 bits per heavy atom. The van der Waals surface area contributed by atoms with Crippen LogP contribution in [0.4, 0.5) is 15.8 Å². The SMILES string of the molecule is Cc1ccc(-c2ccccc2)cc1N.Cc1ccc(-c2ccccc2)cc1NCc1ccc(F)cc1. The summed E-state index contributed by atoms with van der Waals surface area (Å²) in [5.74, 6) is -0.203. The summed E-state index contributed by atoms with van der Waals surface area (Å²) < 4.78 is 12.9. The first-order valence-corrected chi connectivity index (χ1v) is 12.1. The van der Waals surface area contributed by atoms with E-state index >= 15 is 0 Å². The van der Waals surface area contributed by atoms with E-state index in [4.69, 9.17) is 5.73 Å². The molecule has 5 aromatic rings. The molecule has 0 saturated heterocycles. The second kappa shape index (κ2) is 11.9. The van der Waals surface area contributed by atoms with Gasteiger partial charge >= 0.3 is 0 Å². The highest BCUT2D eigenvalue weighted by Crippen LogP contribution is 2.26. The van der Waals surface area contributed by atoms with Gasteiger partial charge in [-0.3, -0.25) is 0 Å². The van der Waals surface area contributed by atoms with Gasteiger partial charge in [-0.2, -0.15) is 0 Å². The normalized spacial score (nSPS) is 10.3. The van der Waals surface area contributed by atoms with Crippen LogP contribution in [-0.4, -0.2) is 0 Å². The summed E-state index contributed by atoms with van der Waals surface area (Å²) >= 11 is 0. The molecule has 0 fully saturated rings. The summed E-state index contributed by atoms with van der Waals surface area (Å²) in [6, 6.07) is 39.7. The second-order valence-corrected chi connectivity index (χ2v) is 8.81. The van der Waals surface area contributed by atoms with E-state index in [2.05, 4.69) is 66.8 Å². The zero-order valence-electron chi connectivity index (χ0n) is 20.7. The molecule has 0 aliphatic heterocycles.